The first-order chi connectivity index (χ1) is 17.2. The van der Waals surface area contributed by atoms with E-state index in [4.69, 9.17) is 0 Å². The third-order valence-corrected chi connectivity index (χ3v) is 6.28. The van der Waals surface area contributed by atoms with Crippen LogP contribution in [0, 0.1) is 0 Å². The van der Waals surface area contributed by atoms with E-state index in [1.165, 1.54) is 18.1 Å². The molecule has 3 aromatic heterocycles. The minimum Gasteiger partial charge on any atom is -0.349 e. The number of hydrogen-bond acceptors (Lipinski definition) is 7. The molecule has 1 N–H and O–H groups in total. The molecule has 0 saturated carbocycles. The average molecular weight is 483 g/mol. The molecule has 1 unspecified atom stereocenters. The van der Waals surface area contributed by atoms with Crippen LogP contribution in [0.3, 0.4) is 0 Å². The molecule has 9 nitrogen and oxygen atoms in total. The van der Waals surface area contributed by atoms with Crippen LogP contribution in [0.2, 0.25) is 0 Å². The molecular weight excluding hydrogens is 460 g/mol. The Labute approximate surface area is 206 Å². The fourth-order valence-corrected chi connectivity index (χ4v) is 4.37. The van der Waals surface area contributed by atoms with E-state index < -0.39 is 0 Å². The van der Waals surface area contributed by atoms with Crippen molar-refractivity contribution in [2.45, 2.75) is 18.1 Å². The van der Waals surface area contributed by atoms with Gasteiger partial charge in [0.1, 0.15) is 12.7 Å². The molecule has 0 bridgehead atoms. The van der Waals surface area contributed by atoms with Crippen molar-refractivity contribution in [3.05, 3.63) is 97.3 Å². The van der Waals surface area contributed by atoms with Crippen molar-refractivity contribution in [3.63, 3.8) is 0 Å². The Kier molecular flexibility index (Phi) is 6.62. The zero-order chi connectivity index (χ0) is 24.0. The second-order valence-electron chi connectivity index (χ2n) is 7.73. The number of carbonyl (C=O) groups is 1. The summed E-state index contributed by atoms with van der Waals surface area (Å²) in [6.07, 6.45) is 6.61. The van der Waals surface area contributed by atoms with Crippen LogP contribution >= 0.6 is 11.8 Å². The lowest BCUT2D eigenvalue weighted by Gasteiger charge is -2.15. The zero-order valence-corrected chi connectivity index (χ0v) is 19.7. The van der Waals surface area contributed by atoms with Crippen molar-refractivity contribution < 1.29 is 4.79 Å². The molecular formula is C25H22N8OS. The van der Waals surface area contributed by atoms with Gasteiger partial charge in [-0.2, -0.15) is 5.10 Å². The molecule has 1 atom stereocenters. The van der Waals surface area contributed by atoms with E-state index in [0.717, 1.165) is 22.5 Å². The molecule has 0 aliphatic carbocycles. The number of pyridine rings is 1. The predicted octanol–water partition coefficient (Wildman–Crippen LogP) is 3.88. The Morgan fingerprint density at radius 1 is 0.971 bits per heavy atom. The Morgan fingerprint density at radius 3 is 2.51 bits per heavy atom. The second kappa shape index (κ2) is 10.3. The fraction of sp³-hybridized carbons (Fsp3) is 0.120. The van der Waals surface area contributed by atoms with E-state index in [1.807, 2.05) is 78.2 Å². The highest BCUT2D eigenvalue weighted by Crippen LogP contribution is 2.27. The molecule has 10 heteroatoms. The van der Waals surface area contributed by atoms with Crippen LogP contribution < -0.4 is 5.32 Å². The predicted molar refractivity (Wildman–Crippen MR) is 133 cm³/mol. The summed E-state index contributed by atoms with van der Waals surface area (Å²) in [6, 6.07) is 21.3. The van der Waals surface area contributed by atoms with Gasteiger partial charge in [0.25, 0.3) is 0 Å². The number of benzene rings is 2. The third-order valence-electron chi connectivity index (χ3n) is 5.35. The maximum absolute atomic E-state index is 12.8. The van der Waals surface area contributed by atoms with Crippen molar-refractivity contribution in [2.24, 2.45) is 0 Å². The van der Waals surface area contributed by atoms with Crippen LogP contribution in [0.15, 0.2) is 96.9 Å². The number of amides is 1. The van der Waals surface area contributed by atoms with Gasteiger partial charge in [0.15, 0.2) is 11.0 Å². The highest BCUT2D eigenvalue weighted by Gasteiger charge is 2.18. The molecule has 0 aliphatic heterocycles. The van der Waals surface area contributed by atoms with Crippen molar-refractivity contribution in [1.29, 1.82) is 0 Å². The molecule has 0 saturated heterocycles. The van der Waals surface area contributed by atoms with Gasteiger partial charge in [-0.25, -0.2) is 9.67 Å². The van der Waals surface area contributed by atoms with Gasteiger partial charge in [-0.15, -0.1) is 10.2 Å². The van der Waals surface area contributed by atoms with E-state index in [0.29, 0.717) is 11.0 Å². The number of rotatable bonds is 8. The summed E-state index contributed by atoms with van der Waals surface area (Å²) in [6.45, 7) is 1.96. The number of hydrogen-bond donors (Lipinski definition) is 1. The van der Waals surface area contributed by atoms with Crippen LogP contribution in [0.4, 0.5) is 0 Å². The minimum atomic E-state index is -0.147. The summed E-state index contributed by atoms with van der Waals surface area (Å²) in [5.74, 6) is 0.792. The normalized spacial score (nSPS) is 11.8. The summed E-state index contributed by atoms with van der Waals surface area (Å²) in [4.78, 5) is 20.9. The Bertz CT molecular complexity index is 1390. The maximum Gasteiger partial charge on any atom is 0.230 e. The van der Waals surface area contributed by atoms with Crippen LogP contribution in [0.25, 0.3) is 22.8 Å². The second-order valence-corrected chi connectivity index (χ2v) is 8.67. The maximum atomic E-state index is 12.8. The highest BCUT2D eigenvalue weighted by molar-refractivity contribution is 7.99. The van der Waals surface area contributed by atoms with Gasteiger partial charge in [0, 0.05) is 23.6 Å². The smallest absolute Gasteiger partial charge is 0.230 e. The number of thioether (sulfide) groups is 1. The quantitative estimate of drug-likeness (QED) is 0.335. The lowest BCUT2D eigenvalue weighted by Crippen LogP contribution is -2.28. The van der Waals surface area contributed by atoms with Gasteiger partial charge in [-0.1, -0.05) is 42.1 Å². The summed E-state index contributed by atoms with van der Waals surface area (Å²) < 4.78 is 3.63. The first-order valence-corrected chi connectivity index (χ1v) is 12.0. The van der Waals surface area contributed by atoms with E-state index in [-0.39, 0.29) is 17.7 Å². The number of nitrogens with one attached hydrogen (secondary N) is 1. The van der Waals surface area contributed by atoms with Gasteiger partial charge >= 0.3 is 0 Å². The highest BCUT2D eigenvalue weighted by atomic mass is 32.2. The van der Waals surface area contributed by atoms with E-state index >= 15 is 0 Å². The molecule has 35 heavy (non-hydrogen) atoms. The minimum absolute atomic E-state index is 0.0895. The molecule has 2 aromatic carbocycles. The third kappa shape index (κ3) is 5.12. The van der Waals surface area contributed by atoms with Crippen LogP contribution in [-0.2, 0) is 4.79 Å². The number of para-hydroxylation sites is 1. The van der Waals surface area contributed by atoms with E-state index in [9.17, 15) is 4.79 Å². The molecule has 0 fully saturated rings. The lowest BCUT2D eigenvalue weighted by atomic mass is 10.1. The Morgan fingerprint density at radius 2 is 1.80 bits per heavy atom. The van der Waals surface area contributed by atoms with Crippen LogP contribution in [0.5, 0.6) is 0 Å². The van der Waals surface area contributed by atoms with Crippen molar-refractivity contribution in [1.82, 2.24) is 39.8 Å². The van der Waals surface area contributed by atoms with Gasteiger partial charge in [-0.3, -0.25) is 14.3 Å². The molecule has 174 valence electrons. The standard InChI is InChI=1S/C25H22N8OS/c1-18(19-9-11-21(12-10-19)32-17-27-16-28-32)29-23(34)15-35-25-31-30-24(20-6-5-13-26-14-20)33(25)22-7-3-2-4-8-22/h2-14,16-18H,15H2,1H3,(H,29,34). The summed E-state index contributed by atoms with van der Waals surface area (Å²) in [7, 11) is 0. The first-order valence-electron chi connectivity index (χ1n) is 11.0. The van der Waals surface area contributed by atoms with E-state index in [2.05, 4.69) is 30.6 Å². The van der Waals surface area contributed by atoms with Crippen molar-refractivity contribution >= 4 is 17.7 Å². The van der Waals surface area contributed by atoms with Crippen molar-refractivity contribution in [3.8, 4) is 22.8 Å². The topological polar surface area (TPSA) is 103 Å². The average Bonchev–Trinajstić information content (AvgIpc) is 3.59. The molecule has 1 amide bonds. The van der Waals surface area contributed by atoms with Gasteiger partial charge < -0.3 is 5.32 Å². The summed E-state index contributed by atoms with van der Waals surface area (Å²) in [5, 5.41) is 16.6. The number of nitrogens with zero attached hydrogens (tertiary/aromatic N) is 7. The molecule has 3 heterocycles. The summed E-state index contributed by atoms with van der Waals surface area (Å²) in [5.41, 5.74) is 3.67. The Balaban J connectivity index is 1.28. The SMILES string of the molecule is CC(NC(=O)CSc1nnc(-c2cccnc2)n1-c1ccccc1)c1ccc(-n2cncn2)cc1. The van der Waals surface area contributed by atoms with Gasteiger partial charge in [0.2, 0.25) is 5.91 Å². The van der Waals surface area contributed by atoms with Crippen LogP contribution in [-0.4, -0.2) is 46.2 Å². The van der Waals surface area contributed by atoms with E-state index in [1.54, 1.807) is 23.4 Å². The largest absolute Gasteiger partial charge is 0.349 e. The molecule has 0 radical (unpaired) electrons. The Hall–Kier alpha value is -4.31. The van der Waals surface area contributed by atoms with Gasteiger partial charge in [0.05, 0.1) is 17.5 Å². The molecule has 5 aromatic rings. The zero-order valence-electron chi connectivity index (χ0n) is 18.9. The molecule has 5 rings (SSSR count). The summed E-state index contributed by atoms with van der Waals surface area (Å²) >= 11 is 1.34. The van der Waals surface area contributed by atoms with Gasteiger partial charge in [-0.05, 0) is 48.9 Å². The van der Waals surface area contributed by atoms with Crippen molar-refractivity contribution in [2.75, 3.05) is 5.75 Å². The molecule has 0 aliphatic rings. The monoisotopic (exact) mass is 482 g/mol. The first kappa shape index (κ1) is 22.5. The lowest BCUT2D eigenvalue weighted by molar-refractivity contribution is -0.119. The number of aromatic nitrogens is 7. The van der Waals surface area contributed by atoms with Crippen LogP contribution in [0.1, 0.15) is 18.5 Å². The number of carbonyl (C=O) groups excluding carboxylic acids is 1. The molecule has 0 spiro atoms. The fourth-order valence-electron chi connectivity index (χ4n) is 3.61.